The topological polar surface area (TPSA) is 73.1 Å². The first kappa shape index (κ1) is 21.2. The Hall–Kier alpha value is -3.54. The van der Waals surface area contributed by atoms with E-state index in [0.29, 0.717) is 5.76 Å². The monoisotopic (exact) mass is 406 g/mol. The molecule has 1 N–H and O–H groups in total. The number of hydrogen-bond donors (Lipinski definition) is 1. The van der Waals surface area contributed by atoms with Crippen molar-refractivity contribution in [1.29, 1.82) is 0 Å². The van der Waals surface area contributed by atoms with Crippen molar-refractivity contribution < 1.29 is 18.7 Å². The van der Waals surface area contributed by atoms with Crippen LogP contribution in [0.25, 0.3) is 0 Å². The fourth-order valence-corrected chi connectivity index (χ4v) is 2.69. The van der Waals surface area contributed by atoms with Crippen molar-refractivity contribution in [3.05, 3.63) is 83.3 Å². The Kier molecular flexibility index (Phi) is 6.57. The van der Waals surface area contributed by atoms with Crippen LogP contribution in [-0.2, 0) is 12.0 Å². The molecule has 0 saturated heterocycles. The largest absolute Gasteiger partial charge is 0.497 e. The van der Waals surface area contributed by atoms with Crippen LogP contribution < -0.4 is 14.9 Å². The zero-order chi connectivity index (χ0) is 21.6. The van der Waals surface area contributed by atoms with Crippen LogP contribution in [0.3, 0.4) is 0 Å². The lowest BCUT2D eigenvalue weighted by atomic mass is 9.87. The SMILES string of the molecule is COc1ccc(C=NNC(=O)c2ccc(COc3ccc(C(C)(C)C)cc3)o2)cc1. The van der Waals surface area contributed by atoms with Crippen LogP contribution >= 0.6 is 0 Å². The first-order valence-corrected chi connectivity index (χ1v) is 9.64. The summed E-state index contributed by atoms with van der Waals surface area (Å²) in [5.74, 6) is 1.80. The molecule has 0 saturated carbocycles. The van der Waals surface area contributed by atoms with Crippen molar-refractivity contribution in [3.63, 3.8) is 0 Å². The van der Waals surface area contributed by atoms with Crippen LogP contribution in [-0.4, -0.2) is 19.2 Å². The summed E-state index contributed by atoms with van der Waals surface area (Å²) in [5, 5.41) is 3.95. The van der Waals surface area contributed by atoms with E-state index in [-0.39, 0.29) is 17.8 Å². The van der Waals surface area contributed by atoms with Gasteiger partial charge in [-0.15, -0.1) is 0 Å². The summed E-state index contributed by atoms with van der Waals surface area (Å²) < 4.78 is 16.4. The number of rotatable bonds is 7. The van der Waals surface area contributed by atoms with Crippen molar-refractivity contribution in [1.82, 2.24) is 5.43 Å². The second-order valence-corrected chi connectivity index (χ2v) is 7.80. The molecule has 0 radical (unpaired) electrons. The van der Waals surface area contributed by atoms with Crippen molar-refractivity contribution in [2.45, 2.75) is 32.8 Å². The van der Waals surface area contributed by atoms with Crippen molar-refractivity contribution in [2.75, 3.05) is 7.11 Å². The quantitative estimate of drug-likeness (QED) is 0.446. The molecular weight excluding hydrogens is 380 g/mol. The fourth-order valence-electron chi connectivity index (χ4n) is 2.69. The fraction of sp³-hybridized carbons (Fsp3) is 0.250. The highest BCUT2D eigenvalue weighted by Gasteiger charge is 2.14. The zero-order valence-electron chi connectivity index (χ0n) is 17.6. The third-order valence-electron chi connectivity index (χ3n) is 4.48. The molecule has 0 spiro atoms. The predicted molar refractivity (Wildman–Crippen MR) is 116 cm³/mol. The number of hydrogen-bond acceptors (Lipinski definition) is 5. The summed E-state index contributed by atoms with van der Waals surface area (Å²) in [6.07, 6.45) is 1.55. The highest BCUT2D eigenvalue weighted by Crippen LogP contribution is 2.24. The maximum absolute atomic E-state index is 12.2. The molecule has 6 nitrogen and oxygen atoms in total. The second-order valence-electron chi connectivity index (χ2n) is 7.80. The molecule has 0 fully saturated rings. The van der Waals surface area contributed by atoms with E-state index in [9.17, 15) is 4.79 Å². The molecule has 0 aliphatic carbocycles. The Morgan fingerprint density at radius 2 is 1.67 bits per heavy atom. The molecule has 2 aromatic carbocycles. The molecular formula is C24H26N2O4. The maximum Gasteiger partial charge on any atom is 0.307 e. The lowest BCUT2D eigenvalue weighted by Gasteiger charge is -2.19. The van der Waals surface area contributed by atoms with Crippen molar-refractivity contribution >= 4 is 12.1 Å². The van der Waals surface area contributed by atoms with Crippen LogP contribution in [0, 0.1) is 0 Å². The standard InChI is InChI=1S/C24H26N2O4/c1-24(2,3)18-7-11-20(12-8-18)29-16-21-13-14-22(30-21)23(27)26-25-15-17-5-9-19(28-4)10-6-17/h5-15H,16H2,1-4H3,(H,26,27). The van der Waals surface area contributed by atoms with Crippen LogP contribution in [0.2, 0.25) is 0 Å². The van der Waals surface area contributed by atoms with Gasteiger partial charge in [0.1, 0.15) is 23.9 Å². The first-order chi connectivity index (χ1) is 14.3. The van der Waals surface area contributed by atoms with Crippen LogP contribution in [0.5, 0.6) is 11.5 Å². The van der Waals surface area contributed by atoms with E-state index in [2.05, 4.69) is 43.4 Å². The summed E-state index contributed by atoms with van der Waals surface area (Å²) in [7, 11) is 1.61. The number of amides is 1. The molecule has 0 atom stereocenters. The molecule has 1 amide bonds. The van der Waals surface area contributed by atoms with Crippen molar-refractivity contribution in [3.8, 4) is 11.5 Å². The molecule has 0 aliphatic rings. The van der Waals surface area contributed by atoms with Crippen LogP contribution in [0.15, 0.2) is 70.2 Å². The normalized spacial score (nSPS) is 11.5. The van der Waals surface area contributed by atoms with E-state index in [1.807, 2.05) is 36.4 Å². The first-order valence-electron chi connectivity index (χ1n) is 9.64. The van der Waals surface area contributed by atoms with Crippen LogP contribution in [0.4, 0.5) is 0 Å². The summed E-state index contributed by atoms with van der Waals surface area (Å²) in [6, 6.07) is 18.6. The Morgan fingerprint density at radius 3 is 2.30 bits per heavy atom. The third-order valence-corrected chi connectivity index (χ3v) is 4.48. The number of nitrogens with zero attached hydrogens (tertiary/aromatic N) is 1. The number of carbonyl (C=O) groups excluding carboxylic acids is 1. The van der Waals surface area contributed by atoms with Gasteiger partial charge in [-0.3, -0.25) is 4.79 Å². The average molecular weight is 406 g/mol. The smallest absolute Gasteiger partial charge is 0.307 e. The van der Waals surface area contributed by atoms with Crippen LogP contribution in [0.1, 0.15) is 48.2 Å². The predicted octanol–water partition coefficient (Wildman–Crippen LogP) is 4.93. The molecule has 1 heterocycles. The van der Waals surface area contributed by atoms with Gasteiger partial charge in [-0.25, -0.2) is 5.43 Å². The van der Waals surface area contributed by atoms with Gasteiger partial charge in [-0.05, 0) is 65.1 Å². The Bertz CT molecular complexity index is 997. The zero-order valence-corrected chi connectivity index (χ0v) is 17.6. The van der Waals surface area contributed by atoms with Gasteiger partial charge in [0.2, 0.25) is 0 Å². The molecule has 0 unspecified atom stereocenters. The van der Waals surface area contributed by atoms with E-state index < -0.39 is 5.91 Å². The molecule has 0 bridgehead atoms. The minimum absolute atomic E-state index is 0.0949. The molecule has 1 aromatic heterocycles. The van der Waals surface area contributed by atoms with Gasteiger partial charge in [0.05, 0.1) is 13.3 Å². The number of furan rings is 1. The van der Waals surface area contributed by atoms with E-state index in [1.165, 1.54) is 5.56 Å². The molecule has 3 rings (SSSR count). The summed E-state index contributed by atoms with van der Waals surface area (Å²) in [6.45, 7) is 6.73. The highest BCUT2D eigenvalue weighted by molar-refractivity contribution is 5.92. The molecule has 6 heteroatoms. The minimum Gasteiger partial charge on any atom is -0.497 e. The van der Waals surface area contributed by atoms with Gasteiger partial charge in [-0.1, -0.05) is 32.9 Å². The lowest BCUT2D eigenvalue weighted by Crippen LogP contribution is -2.16. The second kappa shape index (κ2) is 9.31. The van der Waals surface area contributed by atoms with Gasteiger partial charge in [0.15, 0.2) is 5.76 Å². The minimum atomic E-state index is -0.430. The Morgan fingerprint density at radius 1 is 1.00 bits per heavy atom. The molecule has 0 aliphatic heterocycles. The van der Waals surface area contributed by atoms with Gasteiger partial charge in [0.25, 0.3) is 0 Å². The lowest BCUT2D eigenvalue weighted by molar-refractivity contribution is 0.0923. The molecule has 156 valence electrons. The highest BCUT2D eigenvalue weighted by atomic mass is 16.5. The summed E-state index contributed by atoms with van der Waals surface area (Å²) in [4.78, 5) is 12.2. The third kappa shape index (κ3) is 5.73. The molecule has 3 aromatic rings. The van der Waals surface area contributed by atoms with E-state index >= 15 is 0 Å². The Balaban J connectivity index is 1.51. The van der Waals surface area contributed by atoms with Gasteiger partial charge >= 0.3 is 5.91 Å². The number of methoxy groups -OCH3 is 1. The van der Waals surface area contributed by atoms with E-state index in [0.717, 1.165) is 17.1 Å². The summed E-state index contributed by atoms with van der Waals surface area (Å²) in [5.41, 5.74) is 4.62. The number of benzene rings is 2. The number of nitrogens with one attached hydrogen (secondary N) is 1. The number of carbonyl (C=O) groups is 1. The maximum atomic E-state index is 12.2. The van der Waals surface area contributed by atoms with E-state index in [4.69, 9.17) is 13.9 Å². The van der Waals surface area contributed by atoms with Gasteiger partial charge in [0, 0.05) is 0 Å². The average Bonchev–Trinajstić information content (AvgIpc) is 3.21. The van der Waals surface area contributed by atoms with Gasteiger partial charge < -0.3 is 13.9 Å². The molecule has 30 heavy (non-hydrogen) atoms. The van der Waals surface area contributed by atoms with Crippen molar-refractivity contribution in [2.24, 2.45) is 5.10 Å². The van der Waals surface area contributed by atoms with Gasteiger partial charge in [-0.2, -0.15) is 5.10 Å². The Labute approximate surface area is 176 Å². The summed E-state index contributed by atoms with van der Waals surface area (Å²) >= 11 is 0. The number of ether oxygens (including phenoxy) is 2. The van der Waals surface area contributed by atoms with E-state index in [1.54, 1.807) is 25.5 Å². The number of hydrazone groups is 1.